The molecular formula is C23H21F6NO3. The SMILES string of the molecule is C=Cc1ccc(Oc2ccc(C(OCOC)(C(F)(F)F)C(F)(F)F)cc2CCC)cc1C#N. The Labute approximate surface area is 187 Å². The van der Waals surface area contributed by atoms with E-state index in [0.29, 0.717) is 18.1 Å². The van der Waals surface area contributed by atoms with E-state index in [1.54, 1.807) is 13.0 Å². The van der Waals surface area contributed by atoms with E-state index in [0.717, 1.165) is 19.2 Å². The standard InChI is InChI=1S/C23H21F6NO3/c1-4-6-16-11-18(21(22(24,25)26,23(27,28)29)32-14-31-3)8-10-20(16)33-19-9-7-15(5-2)17(12-19)13-30/h5,7-12H,2,4,6,14H2,1,3H3. The molecule has 0 heterocycles. The average molecular weight is 473 g/mol. The number of methoxy groups -OCH3 is 1. The minimum Gasteiger partial charge on any atom is -0.457 e. The van der Waals surface area contributed by atoms with Crippen molar-refractivity contribution in [3.8, 4) is 17.6 Å². The van der Waals surface area contributed by atoms with Gasteiger partial charge in [0.2, 0.25) is 0 Å². The summed E-state index contributed by atoms with van der Waals surface area (Å²) >= 11 is 0. The van der Waals surface area contributed by atoms with Crippen LogP contribution in [0.3, 0.4) is 0 Å². The Morgan fingerprint density at radius 2 is 1.70 bits per heavy atom. The first-order chi connectivity index (χ1) is 15.4. The second kappa shape index (κ2) is 10.3. The molecule has 0 fully saturated rings. The summed E-state index contributed by atoms with van der Waals surface area (Å²) < 4.78 is 97.3. The van der Waals surface area contributed by atoms with Crippen molar-refractivity contribution in [3.63, 3.8) is 0 Å². The van der Waals surface area contributed by atoms with E-state index in [1.165, 1.54) is 18.2 Å². The van der Waals surface area contributed by atoms with Crippen LogP contribution in [0.4, 0.5) is 26.3 Å². The molecule has 0 radical (unpaired) electrons. The normalized spacial score (nSPS) is 12.3. The molecule has 0 unspecified atom stereocenters. The molecule has 2 aromatic carbocycles. The quantitative estimate of drug-likeness (QED) is 0.294. The number of nitrogens with zero attached hydrogens (tertiary/aromatic N) is 1. The molecule has 0 amide bonds. The van der Waals surface area contributed by atoms with Gasteiger partial charge in [0.05, 0.1) is 11.6 Å². The zero-order valence-corrected chi connectivity index (χ0v) is 17.8. The zero-order chi connectivity index (χ0) is 24.9. The zero-order valence-electron chi connectivity index (χ0n) is 17.8. The van der Waals surface area contributed by atoms with Crippen molar-refractivity contribution in [2.24, 2.45) is 0 Å². The molecule has 0 aliphatic carbocycles. The summed E-state index contributed by atoms with van der Waals surface area (Å²) in [5.74, 6) is 0.247. The molecule has 2 aromatic rings. The number of rotatable bonds is 9. The lowest BCUT2D eigenvalue weighted by molar-refractivity contribution is -0.400. The summed E-state index contributed by atoms with van der Waals surface area (Å²) in [6.07, 6.45) is -9.62. The van der Waals surface area contributed by atoms with Crippen LogP contribution in [0.2, 0.25) is 0 Å². The first-order valence-corrected chi connectivity index (χ1v) is 9.69. The van der Waals surface area contributed by atoms with Crippen LogP contribution < -0.4 is 4.74 Å². The van der Waals surface area contributed by atoms with Gasteiger partial charge in [-0.25, -0.2) is 0 Å². The molecule has 0 aliphatic rings. The number of aryl methyl sites for hydroxylation is 1. The lowest BCUT2D eigenvalue weighted by Crippen LogP contribution is -2.56. The largest absolute Gasteiger partial charge is 0.457 e. The van der Waals surface area contributed by atoms with Crippen molar-refractivity contribution >= 4 is 6.08 Å². The summed E-state index contributed by atoms with van der Waals surface area (Å²) in [5, 5.41) is 9.24. The molecular weight excluding hydrogens is 452 g/mol. The van der Waals surface area contributed by atoms with Crippen LogP contribution in [0, 0.1) is 11.3 Å². The fraction of sp³-hybridized carbons (Fsp3) is 0.348. The highest BCUT2D eigenvalue weighted by Gasteiger charge is 2.73. The van der Waals surface area contributed by atoms with Crippen LogP contribution in [-0.4, -0.2) is 26.3 Å². The summed E-state index contributed by atoms with van der Waals surface area (Å²) in [4.78, 5) is 0. The van der Waals surface area contributed by atoms with E-state index in [4.69, 9.17) is 4.74 Å². The topological polar surface area (TPSA) is 51.5 Å². The second-order valence-corrected chi connectivity index (χ2v) is 6.97. The number of hydrogen-bond donors (Lipinski definition) is 0. The predicted octanol–water partition coefficient (Wildman–Crippen LogP) is 6.89. The smallest absolute Gasteiger partial charge is 0.430 e. The van der Waals surface area contributed by atoms with Crippen molar-refractivity contribution in [3.05, 3.63) is 65.2 Å². The van der Waals surface area contributed by atoms with E-state index >= 15 is 0 Å². The van der Waals surface area contributed by atoms with Gasteiger partial charge in [-0.15, -0.1) is 0 Å². The molecule has 10 heteroatoms. The van der Waals surface area contributed by atoms with Crippen LogP contribution in [0.5, 0.6) is 11.5 Å². The van der Waals surface area contributed by atoms with Gasteiger partial charge >= 0.3 is 12.4 Å². The van der Waals surface area contributed by atoms with Crippen molar-refractivity contribution in [2.45, 2.75) is 37.7 Å². The highest BCUT2D eigenvalue weighted by Crippen LogP contribution is 2.53. The van der Waals surface area contributed by atoms with E-state index in [9.17, 15) is 31.6 Å². The van der Waals surface area contributed by atoms with Crippen LogP contribution in [-0.2, 0) is 21.5 Å². The summed E-state index contributed by atoms with van der Waals surface area (Å²) in [6, 6.07) is 8.90. The molecule has 0 atom stereocenters. The Kier molecular flexibility index (Phi) is 8.16. The van der Waals surface area contributed by atoms with Gasteiger partial charge in [0.15, 0.2) is 0 Å². The Morgan fingerprint density at radius 1 is 1.03 bits per heavy atom. The Morgan fingerprint density at radius 3 is 2.21 bits per heavy atom. The van der Waals surface area contributed by atoms with Gasteiger partial charge in [0.1, 0.15) is 18.3 Å². The van der Waals surface area contributed by atoms with E-state index in [2.05, 4.69) is 16.1 Å². The first-order valence-electron chi connectivity index (χ1n) is 9.69. The lowest BCUT2D eigenvalue weighted by atomic mass is 9.89. The Hall–Kier alpha value is -3.03. The van der Waals surface area contributed by atoms with Crippen molar-refractivity contribution in [1.82, 2.24) is 0 Å². The average Bonchev–Trinajstić information content (AvgIpc) is 2.74. The van der Waals surface area contributed by atoms with Crippen molar-refractivity contribution < 1.29 is 40.6 Å². The number of alkyl halides is 6. The molecule has 0 spiro atoms. The maximum absolute atomic E-state index is 13.8. The molecule has 0 N–H and O–H groups in total. The van der Waals surface area contributed by atoms with Crippen LogP contribution in [0.1, 0.15) is 35.6 Å². The number of halogens is 6. The Balaban J connectivity index is 2.62. The fourth-order valence-electron chi connectivity index (χ4n) is 3.25. The number of benzene rings is 2. The molecule has 178 valence electrons. The highest BCUT2D eigenvalue weighted by atomic mass is 19.4. The molecule has 33 heavy (non-hydrogen) atoms. The minimum absolute atomic E-state index is 0.0563. The molecule has 0 aromatic heterocycles. The minimum atomic E-state index is -5.82. The summed E-state index contributed by atoms with van der Waals surface area (Å²) in [6.45, 7) is 4.07. The van der Waals surface area contributed by atoms with Crippen molar-refractivity contribution in [1.29, 1.82) is 5.26 Å². The third kappa shape index (κ3) is 5.31. The third-order valence-corrected chi connectivity index (χ3v) is 4.77. The number of ether oxygens (including phenoxy) is 3. The second-order valence-electron chi connectivity index (χ2n) is 6.97. The first kappa shape index (κ1) is 26.2. The summed E-state index contributed by atoms with van der Waals surface area (Å²) in [5.41, 5.74) is -4.83. The third-order valence-electron chi connectivity index (χ3n) is 4.77. The molecule has 4 nitrogen and oxygen atoms in total. The van der Waals surface area contributed by atoms with Gasteiger partial charge < -0.3 is 14.2 Å². The van der Waals surface area contributed by atoms with Crippen LogP contribution in [0.15, 0.2) is 43.0 Å². The predicted molar refractivity (Wildman–Crippen MR) is 109 cm³/mol. The van der Waals surface area contributed by atoms with Gasteiger partial charge in [-0.1, -0.05) is 32.1 Å². The number of nitriles is 1. The van der Waals surface area contributed by atoms with Crippen molar-refractivity contribution in [2.75, 3.05) is 13.9 Å². The van der Waals surface area contributed by atoms with Gasteiger partial charge in [0.25, 0.3) is 5.60 Å². The maximum Gasteiger partial charge on any atom is 0.430 e. The molecule has 2 rings (SSSR count). The molecule has 0 bridgehead atoms. The highest BCUT2D eigenvalue weighted by molar-refractivity contribution is 5.59. The molecule has 0 saturated carbocycles. The maximum atomic E-state index is 13.8. The lowest BCUT2D eigenvalue weighted by Gasteiger charge is -2.37. The van der Waals surface area contributed by atoms with Gasteiger partial charge in [-0.2, -0.15) is 31.6 Å². The van der Waals surface area contributed by atoms with Crippen LogP contribution >= 0.6 is 0 Å². The monoisotopic (exact) mass is 473 g/mol. The van der Waals surface area contributed by atoms with E-state index in [1.807, 2.05) is 6.07 Å². The van der Waals surface area contributed by atoms with Crippen LogP contribution in [0.25, 0.3) is 6.08 Å². The van der Waals surface area contributed by atoms with E-state index < -0.39 is 30.3 Å². The number of hydrogen-bond acceptors (Lipinski definition) is 4. The molecule has 0 saturated heterocycles. The fourth-order valence-corrected chi connectivity index (χ4v) is 3.25. The van der Waals surface area contributed by atoms with Gasteiger partial charge in [0, 0.05) is 12.7 Å². The van der Waals surface area contributed by atoms with Gasteiger partial charge in [-0.05, 0) is 47.9 Å². The Bertz CT molecular complexity index is 1010. The van der Waals surface area contributed by atoms with Gasteiger partial charge in [-0.3, -0.25) is 0 Å². The van der Waals surface area contributed by atoms with E-state index in [-0.39, 0.29) is 29.0 Å². The summed E-state index contributed by atoms with van der Waals surface area (Å²) in [7, 11) is 0.921. The molecule has 0 aliphatic heterocycles.